The average Bonchev–Trinajstić information content (AvgIpc) is 2.69. The Morgan fingerprint density at radius 1 is 1.53 bits per heavy atom. The van der Waals surface area contributed by atoms with E-state index in [9.17, 15) is 8.78 Å². The second-order valence-corrected chi connectivity index (χ2v) is 6.12. The maximum Gasteiger partial charge on any atom is 0.168 e. The monoisotopic (exact) mass is 259 g/mol. The van der Waals surface area contributed by atoms with Crippen molar-refractivity contribution in [3.05, 3.63) is 17.7 Å². The van der Waals surface area contributed by atoms with Gasteiger partial charge in [-0.2, -0.15) is 11.8 Å². The van der Waals surface area contributed by atoms with E-state index in [1.54, 1.807) is 0 Å². The van der Waals surface area contributed by atoms with Crippen LogP contribution >= 0.6 is 11.8 Å². The van der Waals surface area contributed by atoms with Crippen molar-refractivity contribution >= 4 is 23.4 Å². The minimum atomic E-state index is -0.825. The van der Waals surface area contributed by atoms with Gasteiger partial charge in [-0.15, -0.1) is 0 Å². The van der Waals surface area contributed by atoms with Crippen LogP contribution in [0.1, 0.15) is 19.8 Å². The van der Waals surface area contributed by atoms with Gasteiger partial charge in [0, 0.05) is 17.4 Å². The molecule has 1 saturated heterocycles. The van der Waals surface area contributed by atoms with E-state index in [4.69, 9.17) is 5.73 Å². The first kappa shape index (κ1) is 12.4. The first-order valence-electron chi connectivity index (χ1n) is 5.49. The van der Waals surface area contributed by atoms with Gasteiger partial charge in [0.15, 0.2) is 23.3 Å². The molecule has 0 bridgehead atoms. The zero-order chi connectivity index (χ0) is 12.5. The van der Waals surface area contributed by atoms with Crippen LogP contribution in [0, 0.1) is 11.6 Å². The summed E-state index contributed by atoms with van der Waals surface area (Å²) in [5.41, 5.74) is 5.31. The van der Waals surface area contributed by atoms with Gasteiger partial charge in [0.25, 0.3) is 0 Å². The summed E-state index contributed by atoms with van der Waals surface area (Å²) in [7, 11) is 0. The lowest BCUT2D eigenvalue weighted by Crippen LogP contribution is -2.27. The second-order valence-electron chi connectivity index (χ2n) is 4.44. The first-order valence-corrected chi connectivity index (χ1v) is 6.48. The van der Waals surface area contributed by atoms with Crippen LogP contribution in [-0.2, 0) is 0 Å². The molecule has 1 aromatic heterocycles. The summed E-state index contributed by atoms with van der Waals surface area (Å²) >= 11 is 1.86. The Labute approximate surface area is 103 Å². The maximum absolute atomic E-state index is 13.4. The van der Waals surface area contributed by atoms with Crippen molar-refractivity contribution in [1.82, 2.24) is 4.98 Å². The fourth-order valence-corrected chi connectivity index (χ4v) is 3.10. The molecular weight excluding hydrogens is 244 g/mol. The average molecular weight is 259 g/mol. The van der Waals surface area contributed by atoms with Crippen molar-refractivity contribution in [2.75, 3.05) is 23.3 Å². The molecule has 0 amide bonds. The van der Waals surface area contributed by atoms with Crippen molar-refractivity contribution in [2.45, 2.75) is 24.5 Å². The highest BCUT2D eigenvalue weighted by atomic mass is 32.2. The Bertz CT molecular complexity index is 419. The van der Waals surface area contributed by atoms with E-state index in [0.717, 1.165) is 18.2 Å². The van der Waals surface area contributed by atoms with Gasteiger partial charge < -0.3 is 11.1 Å². The van der Waals surface area contributed by atoms with Crippen LogP contribution in [0.2, 0.25) is 0 Å². The third-order valence-electron chi connectivity index (χ3n) is 2.89. The molecular formula is C11H15F2N3S. The molecule has 2 rings (SSSR count). The molecule has 1 atom stereocenters. The predicted octanol–water partition coefficient (Wildman–Crippen LogP) is 2.64. The summed E-state index contributed by atoms with van der Waals surface area (Å²) in [6, 6.07) is 0.759. The van der Waals surface area contributed by atoms with Gasteiger partial charge in [-0.1, -0.05) is 0 Å². The molecule has 1 aliphatic rings. The van der Waals surface area contributed by atoms with Crippen molar-refractivity contribution in [1.29, 1.82) is 0 Å². The molecule has 17 heavy (non-hydrogen) atoms. The molecule has 94 valence electrons. The molecule has 0 radical (unpaired) electrons. The number of pyridine rings is 1. The van der Waals surface area contributed by atoms with E-state index >= 15 is 0 Å². The SMILES string of the molecule is CC1(CNc2nc(N)c(F)cc2F)CCCS1. The topological polar surface area (TPSA) is 50.9 Å². The molecule has 1 unspecified atom stereocenters. The molecule has 1 fully saturated rings. The number of nitrogen functional groups attached to an aromatic ring is 1. The number of hydrogen-bond acceptors (Lipinski definition) is 4. The zero-order valence-corrected chi connectivity index (χ0v) is 10.4. The number of nitrogens with two attached hydrogens (primary N) is 1. The third-order valence-corrected chi connectivity index (χ3v) is 4.43. The van der Waals surface area contributed by atoms with E-state index in [-0.39, 0.29) is 16.4 Å². The standard InChI is InChI=1S/C11H15F2N3S/c1-11(3-2-4-17-11)6-15-10-8(13)5-7(12)9(14)16-10/h5H,2-4,6H2,1H3,(H3,14,15,16). The molecule has 3 nitrogen and oxygen atoms in total. The van der Waals surface area contributed by atoms with E-state index < -0.39 is 11.6 Å². The Hall–Kier alpha value is -1.04. The number of thioether (sulfide) groups is 1. The summed E-state index contributed by atoms with van der Waals surface area (Å²) in [6.07, 6.45) is 2.26. The van der Waals surface area contributed by atoms with Crippen molar-refractivity contribution < 1.29 is 8.78 Å². The van der Waals surface area contributed by atoms with E-state index in [0.29, 0.717) is 6.54 Å². The quantitative estimate of drug-likeness (QED) is 0.876. The fourth-order valence-electron chi connectivity index (χ4n) is 1.85. The first-order chi connectivity index (χ1) is 8.00. The Kier molecular flexibility index (Phi) is 3.42. The molecule has 0 aromatic carbocycles. The highest BCUT2D eigenvalue weighted by Crippen LogP contribution is 2.37. The van der Waals surface area contributed by atoms with Crippen molar-refractivity contribution in [3.63, 3.8) is 0 Å². The minimum absolute atomic E-state index is 0.0256. The van der Waals surface area contributed by atoms with Crippen molar-refractivity contribution in [3.8, 4) is 0 Å². The predicted molar refractivity (Wildman–Crippen MR) is 67.2 cm³/mol. The van der Waals surface area contributed by atoms with Crippen LogP contribution in [0.15, 0.2) is 6.07 Å². The van der Waals surface area contributed by atoms with Crippen molar-refractivity contribution in [2.24, 2.45) is 0 Å². The van der Waals surface area contributed by atoms with E-state index in [1.165, 1.54) is 6.42 Å². The molecule has 3 N–H and O–H groups in total. The maximum atomic E-state index is 13.4. The van der Waals surface area contributed by atoms with Gasteiger partial charge in [-0.25, -0.2) is 13.8 Å². The van der Waals surface area contributed by atoms with Gasteiger partial charge in [-0.05, 0) is 25.5 Å². The minimum Gasteiger partial charge on any atom is -0.381 e. The lowest BCUT2D eigenvalue weighted by molar-refractivity contribution is 0.575. The van der Waals surface area contributed by atoms with Gasteiger partial charge in [0.2, 0.25) is 0 Å². The number of aromatic nitrogens is 1. The van der Waals surface area contributed by atoms with E-state index in [1.807, 2.05) is 11.8 Å². The molecule has 1 aliphatic heterocycles. The van der Waals surface area contributed by atoms with Crippen LogP contribution in [0.25, 0.3) is 0 Å². The molecule has 0 spiro atoms. The Morgan fingerprint density at radius 2 is 2.29 bits per heavy atom. The highest BCUT2D eigenvalue weighted by molar-refractivity contribution is 8.00. The third kappa shape index (κ3) is 2.80. The summed E-state index contributed by atoms with van der Waals surface area (Å²) in [4.78, 5) is 3.67. The summed E-state index contributed by atoms with van der Waals surface area (Å²) < 4.78 is 26.4. The second kappa shape index (κ2) is 4.68. The van der Waals surface area contributed by atoms with Gasteiger partial charge in [0.05, 0.1) is 0 Å². The van der Waals surface area contributed by atoms with Crippen LogP contribution in [0.5, 0.6) is 0 Å². The zero-order valence-electron chi connectivity index (χ0n) is 9.59. The van der Waals surface area contributed by atoms with E-state index in [2.05, 4.69) is 17.2 Å². The van der Waals surface area contributed by atoms with Crippen LogP contribution < -0.4 is 11.1 Å². The number of anilines is 2. The lowest BCUT2D eigenvalue weighted by Gasteiger charge is -2.23. The number of hydrogen-bond donors (Lipinski definition) is 2. The lowest BCUT2D eigenvalue weighted by atomic mass is 10.1. The number of rotatable bonds is 3. The number of nitrogens with zero attached hydrogens (tertiary/aromatic N) is 1. The molecule has 0 saturated carbocycles. The van der Waals surface area contributed by atoms with Crippen LogP contribution in [0.3, 0.4) is 0 Å². The summed E-state index contributed by atoms with van der Waals surface area (Å²) in [5, 5.41) is 2.91. The number of nitrogens with one attached hydrogen (secondary N) is 1. The van der Waals surface area contributed by atoms with Gasteiger partial charge in [0.1, 0.15) is 0 Å². The molecule has 1 aromatic rings. The van der Waals surface area contributed by atoms with Gasteiger partial charge in [-0.3, -0.25) is 0 Å². The molecule has 0 aliphatic carbocycles. The number of halogens is 2. The Balaban J connectivity index is 2.06. The summed E-state index contributed by atoms with van der Waals surface area (Å²) in [5.74, 6) is -0.659. The fraction of sp³-hybridized carbons (Fsp3) is 0.545. The molecule has 6 heteroatoms. The summed E-state index contributed by atoms with van der Waals surface area (Å²) in [6.45, 7) is 2.73. The highest BCUT2D eigenvalue weighted by Gasteiger charge is 2.29. The Morgan fingerprint density at radius 3 is 2.94 bits per heavy atom. The largest absolute Gasteiger partial charge is 0.381 e. The smallest absolute Gasteiger partial charge is 0.168 e. The molecule has 2 heterocycles. The van der Waals surface area contributed by atoms with Crippen LogP contribution in [0.4, 0.5) is 20.4 Å². The normalized spacial score (nSPS) is 23.9. The van der Waals surface area contributed by atoms with Gasteiger partial charge >= 0.3 is 0 Å². The van der Waals surface area contributed by atoms with Crippen LogP contribution in [-0.4, -0.2) is 22.0 Å².